The molecule has 0 spiro atoms. The van der Waals surface area contributed by atoms with Gasteiger partial charge < -0.3 is 4.74 Å². The number of hydrogen-bond acceptors (Lipinski definition) is 4. The zero-order chi connectivity index (χ0) is 14.0. The van der Waals surface area contributed by atoms with Crippen LogP contribution in [0.15, 0.2) is 14.1 Å². The van der Waals surface area contributed by atoms with Crippen LogP contribution in [0.3, 0.4) is 0 Å². The fourth-order valence-corrected chi connectivity index (χ4v) is 5.66. The molecule has 0 aromatic carbocycles. The first kappa shape index (κ1) is 15.7. The molecule has 2 rings (SSSR count). The van der Waals surface area contributed by atoms with Gasteiger partial charge in [0, 0.05) is 19.1 Å². The first-order valence-corrected chi connectivity index (χ1v) is 9.47. The van der Waals surface area contributed by atoms with Gasteiger partial charge in [-0.05, 0) is 34.8 Å². The summed E-state index contributed by atoms with van der Waals surface area (Å²) in [4.78, 5) is 0. The number of sulfonamides is 1. The average Bonchev–Trinajstić information content (AvgIpc) is 2.94. The summed E-state index contributed by atoms with van der Waals surface area (Å²) in [7, 11) is -3.48. The van der Waals surface area contributed by atoms with Crippen LogP contribution < -0.4 is 4.72 Å². The maximum atomic E-state index is 12.1. The fraction of sp³-hybridized carbons (Fsp3) is 0.636. The van der Waals surface area contributed by atoms with Gasteiger partial charge in [-0.25, -0.2) is 13.1 Å². The zero-order valence-electron chi connectivity index (χ0n) is 10.4. The molecule has 2 heterocycles. The molecule has 2 unspecified atom stereocenters. The van der Waals surface area contributed by atoms with Crippen LogP contribution in [0, 0.1) is 5.92 Å². The van der Waals surface area contributed by atoms with Crippen molar-refractivity contribution in [2.24, 2.45) is 5.92 Å². The van der Waals surface area contributed by atoms with Gasteiger partial charge in [0.2, 0.25) is 10.0 Å². The Morgan fingerprint density at radius 1 is 1.63 bits per heavy atom. The van der Waals surface area contributed by atoms with Gasteiger partial charge in [-0.2, -0.15) is 0 Å². The first-order valence-electron chi connectivity index (χ1n) is 6.00. The summed E-state index contributed by atoms with van der Waals surface area (Å²) in [5, 5.41) is 0.418. The molecule has 1 aromatic rings. The van der Waals surface area contributed by atoms with Crippen molar-refractivity contribution in [2.45, 2.75) is 30.1 Å². The Morgan fingerprint density at radius 3 is 2.95 bits per heavy atom. The molecule has 1 fully saturated rings. The van der Waals surface area contributed by atoms with Crippen molar-refractivity contribution >= 4 is 48.9 Å². The van der Waals surface area contributed by atoms with Gasteiger partial charge in [0.25, 0.3) is 0 Å². The van der Waals surface area contributed by atoms with E-state index in [2.05, 4.69) is 20.7 Å². The normalized spacial score (nSPS) is 23.9. The minimum atomic E-state index is -3.48. The number of nitrogens with one attached hydrogen (secondary N) is 1. The predicted octanol–water partition coefficient (Wildman–Crippen LogP) is 3.26. The van der Waals surface area contributed by atoms with Crippen molar-refractivity contribution in [3.63, 3.8) is 0 Å². The summed E-state index contributed by atoms with van der Waals surface area (Å²) >= 11 is 10.2. The molecule has 0 radical (unpaired) electrons. The van der Waals surface area contributed by atoms with Crippen LogP contribution in [0.1, 0.15) is 19.8 Å². The lowest BCUT2D eigenvalue weighted by molar-refractivity contribution is 0.0884. The lowest BCUT2D eigenvalue weighted by Crippen LogP contribution is -2.32. The number of ether oxygens (including phenoxy) is 1. The van der Waals surface area contributed by atoms with Gasteiger partial charge in [0.15, 0.2) is 0 Å². The molecular weight excluding hydrogens is 374 g/mol. The Balaban J connectivity index is 2.02. The number of halogens is 2. The molecule has 1 N–H and O–H groups in total. The SMILES string of the molecule is CCC1OCCC1CNS(=O)(=O)c1cc(Cl)c(Br)s1. The Hall–Kier alpha value is 0.340. The van der Waals surface area contributed by atoms with Crippen LogP contribution >= 0.6 is 38.9 Å². The number of rotatable bonds is 5. The molecule has 1 saturated heterocycles. The molecular formula is C11H15BrClNO3S2. The van der Waals surface area contributed by atoms with Crippen molar-refractivity contribution in [2.75, 3.05) is 13.2 Å². The van der Waals surface area contributed by atoms with Crippen molar-refractivity contribution < 1.29 is 13.2 Å². The van der Waals surface area contributed by atoms with E-state index in [-0.39, 0.29) is 16.2 Å². The van der Waals surface area contributed by atoms with E-state index in [1.54, 1.807) is 0 Å². The Morgan fingerprint density at radius 2 is 2.37 bits per heavy atom. The molecule has 19 heavy (non-hydrogen) atoms. The smallest absolute Gasteiger partial charge is 0.250 e. The van der Waals surface area contributed by atoms with Gasteiger partial charge in [-0.3, -0.25) is 0 Å². The topological polar surface area (TPSA) is 55.4 Å². The monoisotopic (exact) mass is 387 g/mol. The predicted molar refractivity (Wildman–Crippen MR) is 80.4 cm³/mol. The molecule has 4 nitrogen and oxygen atoms in total. The van der Waals surface area contributed by atoms with E-state index >= 15 is 0 Å². The van der Waals surface area contributed by atoms with Crippen LogP contribution in [0.5, 0.6) is 0 Å². The van der Waals surface area contributed by atoms with Gasteiger partial charge in [0.1, 0.15) is 4.21 Å². The zero-order valence-corrected chi connectivity index (χ0v) is 14.3. The largest absolute Gasteiger partial charge is 0.378 e. The van der Waals surface area contributed by atoms with E-state index < -0.39 is 10.0 Å². The van der Waals surface area contributed by atoms with Crippen LogP contribution in [-0.2, 0) is 14.8 Å². The average molecular weight is 389 g/mol. The second kappa shape index (κ2) is 6.41. The fourth-order valence-electron chi connectivity index (χ4n) is 2.12. The Labute approximate surface area is 130 Å². The molecule has 8 heteroatoms. The summed E-state index contributed by atoms with van der Waals surface area (Å²) in [5.41, 5.74) is 0. The standard InChI is InChI=1S/C11H15BrClNO3S2/c1-2-9-7(3-4-17-9)6-14-19(15,16)10-5-8(13)11(12)18-10/h5,7,9,14H,2-4,6H2,1H3. The van der Waals surface area contributed by atoms with Crippen molar-refractivity contribution in [1.29, 1.82) is 0 Å². The number of hydrogen-bond donors (Lipinski definition) is 1. The summed E-state index contributed by atoms with van der Waals surface area (Å²) in [6, 6.07) is 1.46. The van der Waals surface area contributed by atoms with Crippen LogP contribution in [-0.4, -0.2) is 27.7 Å². The van der Waals surface area contributed by atoms with Crippen molar-refractivity contribution in [3.05, 3.63) is 14.9 Å². The van der Waals surface area contributed by atoms with E-state index in [4.69, 9.17) is 16.3 Å². The molecule has 2 atom stereocenters. The quantitative estimate of drug-likeness (QED) is 0.842. The summed E-state index contributed by atoms with van der Waals surface area (Å²) in [6.07, 6.45) is 1.96. The molecule has 1 aliphatic heterocycles. The highest BCUT2D eigenvalue weighted by Crippen LogP contribution is 2.34. The molecule has 1 aliphatic rings. The second-order valence-electron chi connectivity index (χ2n) is 4.41. The highest BCUT2D eigenvalue weighted by molar-refractivity contribution is 9.11. The Kier molecular flexibility index (Phi) is 5.30. The molecule has 0 bridgehead atoms. The van der Waals surface area contributed by atoms with E-state index in [0.717, 1.165) is 24.2 Å². The summed E-state index contributed by atoms with van der Waals surface area (Å²) in [6.45, 7) is 3.17. The van der Waals surface area contributed by atoms with E-state index in [1.165, 1.54) is 6.07 Å². The maximum Gasteiger partial charge on any atom is 0.250 e. The van der Waals surface area contributed by atoms with Crippen LogP contribution in [0.2, 0.25) is 5.02 Å². The molecule has 0 saturated carbocycles. The van der Waals surface area contributed by atoms with E-state index in [9.17, 15) is 8.42 Å². The molecule has 0 amide bonds. The highest BCUT2D eigenvalue weighted by Gasteiger charge is 2.28. The van der Waals surface area contributed by atoms with Gasteiger partial charge in [0.05, 0.1) is 14.9 Å². The lowest BCUT2D eigenvalue weighted by atomic mass is 10.0. The molecule has 1 aromatic heterocycles. The van der Waals surface area contributed by atoms with Crippen LogP contribution in [0.25, 0.3) is 0 Å². The lowest BCUT2D eigenvalue weighted by Gasteiger charge is -2.16. The maximum absolute atomic E-state index is 12.1. The summed E-state index contributed by atoms with van der Waals surface area (Å²) < 4.78 is 33.3. The molecule has 108 valence electrons. The third-order valence-corrected chi connectivity index (χ3v) is 7.54. The van der Waals surface area contributed by atoms with E-state index in [1.807, 2.05) is 6.92 Å². The van der Waals surface area contributed by atoms with Gasteiger partial charge in [-0.1, -0.05) is 18.5 Å². The molecule has 0 aliphatic carbocycles. The van der Waals surface area contributed by atoms with Crippen LogP contribution in [0.4, 0.5) is 0 Å². The third kappa shape index (κ3) is 3.71. The Bertz CT molecular complexity index is 527. The van der Waals surface area contributed by atoms with Gasteiger partial charge >= 0.3 is 0 Å². The third-order valence-electron chi connectivity index (χ3n) is 3.17. The van der Waals surface area contributed by atoms with Gasteiger partial charge in [-0.15, -0.1) is 11.3 Å². The van der Waals surface area contributed by atoms with E-state index in [0.29, 0.717) is 22.0 Å². The number of thiophene rings is 1. The first-order chi connectivity index (χ1) is 8.94. The van der Waals surface area contributed by atoms with Crippen molar-refractivity contribution in [3.8, 4) is 0 Å². The minimum absolute atomic E-state index is 0.154. The van der Waals surface area contributed by atoms with Crippen molar-refractivity contribution in [1.82, 2.24) is 4.72 Å². The minimum Gasteiger partial charge on any atom is -0.378 e. The second-order valence-corrected chi connectivity index (χ2v) is 9.18. The summed E-state index contributed by atoms with van der Waals surface area (Å²) in [5.74, 6) is 0.249. The highest BCUT2D eigenvalue weighted by atomic mass is 79.9.